The molecule has 2 aromatic rings. The van der Waals surface area contributed by atoms with Crippen LogP contribution in [0.5, 0.6) is 0 Å². The summed E-state index contributed by atoms with van der Waals surface area (Å²) >= 11 is 0. The van der Waals surface area contributed by atoms with Crippen molar-refractivity contribution in [2.24, 2.45) is 0 Å². The molecule has 0 fully saturated rings. The molecule has 3 rings (SSSR count). The molecular weight excluding hydrogens is 1050 g/mol. The quantitative estimate of drug-likeness (QED) is 0.0217. The number of fused-ring (bicyclic) bond motifs is 3. The Morgan fingerprint density at radius 2 is 1.12 bits per heavy atom. The second kappa shape index (κ2) is 33.0. The predicted octanol–water partition coefficient (Wildman–Crippen LogP) is 0.214. The summed E-state index contributed by atoms with van der Waals surface area (Å²) in [4.78, 5) is 156. The van der Waals surface area contributed by atoms with Crippen LogP contribution in [0.3, 0.4) is 0 Å². The minimum Gasteiger partial charge on any atom is -0.469 e. The number of nitrogens with one attached hydrogen (secondary N) is 8. The van der Waals surface area contributed by atoms with E-state index in [9.17, 15) is 57.5 Å². The Kier molecular flexibility index (Phi) is 27.1. The van der Waals surface area contributed by atoms with Crippen molar-refractivity contribution in [1.29, 1.82) is 0 Å². The van der Waals surface area contributed by atoms with Gasteiger partial charge in [-0.15, -0.1) is 0 Å². The predicted molar refractivity (Wildman–Crippen MR) is 281 cm³/mol. The van der Waals surface area contributed by atoms with Crippen LogP contribution in [0.2, 0.25) is 0 Å². The summed E-state index contributed by atoms with van der Waals surface area (Å²) in [6.45, 7) is 8.03. The number of carbonyl (C=O) groups excluding carboxylic acids is 12. The topological polar surface area (TPSA) is 366 Å². The number of carbonyl (C=O) groups is 12. The maximum absolute atomic E-state index is 14.0. The van der Waals surface area contributed by atoms with E-state index in [1.54, 1.807) is 20.8 Å². The van der Waals surface area contributed by atoms with E-state index in [1.165, 1.54) is 20.1 Å². The molecule has 8 N–H and O–H groups in total. The third kappa shape index (κ3) is 22.0. The van der Waals surface area contributed by atoms with E-state index in [4.69, 9.17) is 23.7 Å². The first kappa shape index (κ1) is 65.7. The molecule has 2 aromatic carbocycles. The Morgan fingerprint density at radius 3 is 1.69 bits per heavy atom. The van der Waals surface area contributed by atoms with E-state index >= 15 is 0 Å². The number of benzene rings is 2. The molecule has 6 unspecified atom stereocenters. The fourth-order valence-electron chi connectivity index (χ4n) is 7.74. The van der Waals surface area contributed by atoms with E-state index in [-0.39, 0.29) is 51.4 Å². The van der Waals surface area contributed by atoms with Gasteiger partial charge in [0.25, 0.3) is 0 Å². The molecule has 6 atom stereocenters. The third-order valence-electron chi connectivity index (χ3n) is 11.7. The van der Waals surface area contributed by atoms with Crippen LogP contribution in [0.4, 0.5) is 9.59 Å². The Balaban J connectivity index is 1.73. The smallest absolute Gasteiger partial charge is 0.407 e. The molecule has 27 nitrogen and oxygen atoms in total. The molecule has 438 valence electrons. The van der Waals surface area contributed by atoms with Crippen molar-refractivity contribution in [2.75, 3.05) is 61.3 Å². The van der Waals surface area contributed by atoms with Crippen molar-refractivity contribution in [2.45, 2.75) is 114 Å². The van der Waals surface area contributed by atoms with E-state index in [0.717, 1.165) is 43.6 Å². The Morgan fingerprint density at radius 1 is 0.588 bits per heavy atom. The molecule has 0 aliphatic heterocycles. The fraction of sp³-hybridized carbons (Fsp3) is 0.509. The van der Waals surface area contributed by atoms with E-state index in [0.29, 0.717) is 0 Å². The summed E-state index contributed by atoms with van der Waals surface area (Å²) in [5.74, 6) is -10.1. The SMILES string of the molecule is C=CCOC(=O)C(CCC(=O)OC)NC(=O)C(COC)NC(=O)CNC(=O)C(CC(=O)OC)NC(=O)C(C)NC(=O)C(CC(=O)OC)NC(=O)C(CCCNC(=O)OC(C)(C)C)NC(=O)OCC1c2ccccc2-c2ccccc21. The molecule has 0 radical (unpaired) electrons. The number of methoxy groups -OCH3 is 4. The van der Waals surface area contributed by atoms with Gasteiger partial charge in [-0.3, -0.25) is 43.2 Å². The van der Waals surface area contributed by atoms with Gasteiger partial charge < -0.3 is 75.7 Å². The maximum atomic E-state index is 14.0. The number of hydrogen-bond acceptors (Lipinski definition) is 19. The molecule has 80 heavy (non-hydrogen) atoms. The Labute approximate surface area is 462 Å². The lowest BCUT2D eigenvalue weighted by atomic mass is 9.98. The molecule has 27 heteroatoms. The van der Waals surface area contributed by atoms with Crippen molar-refractivity contribution in [3.63, 3.8) is 0 Å². The normalized spacial score (nSPS) is 13.7. The van der Waals surface area contributed by atoms with Crippen molar-refractivity contribution in [3.05, 3.63) is 72.3 Å². The van der Waals surface area contributed by atoms with Crippen LogP contribution in [0.15, 0.2) is 61.2 Å². The lowest BCUT2D eigenvalue weighted by Crippen LogP contribution is -2.58. The zero-order chi connectivity index (χ0) is 59.5. The van der Waals surface area contributed by atoms with Gasteiger partial charge in [-0.2, -0.15) is 0 Å². The lowest BCUT2D eigenvalue weighted by Gasteiger charge is -2.25. The van der Waals surface area contributed by atoms with Gasteiger partial charge in [-0.1, -0.05) is 61.2 Å². The average molecular weight is 1130 g/mol. The Bertz CT molecular complexity index is 2510. The van der Waals surface area contributed by atoms with Gasteiger partial charge >= 0.3 is 36.1 Å². The monoisotopic (exact) mass is 1120 g/mol. The van der Waals surface area contributed by atoms with Crippen molar-refractivity contribution >= 4 is 71.5 Å². The van der Waals surface area contributed by atoms with E-state index in [1.807, 2.05) is 48.5 Å². The minimum absolute atomic E-state index is 0.0144. The molecule has 0 aromatic heterocycles. The molecule has 0 heterocycles. The summed E-state index contributed by atoms with van der Waals surface area (Å²) in [6.07, 6.45) is -2.59. The third-order valence-corrected chi connectivity index (χ3v) is 11.7. The fourth-order valence-corrected chi connectivity index (χ4v) is 7.74. The van der Waals surface area contributed by atoms with Crippen LogP contribution in [0.25, 0.3) is 11.1 Å². The van der Waals surface area contributed by atoms with Crippen LogP contribution >= 0.6 is 0 Å². The highest BCUT2D eigenvalue weighted by molar-refractivity contribution is 5.98. The van der Waals surface area contributed by atoms with Gasteiger partial charge in [0.2, 0.25) is 35.4 Å². The zero-order valence-electron chi connectivity index (χ0n) is 46.0. The summed E-state index contributed by atoms with van der Waals surface area (Å²) < 4.78 is 35.0. The van der Waals surface area contributed by atoms with Crippen LogP contribution in [-0.2, 0) is 81.1 Å². The summed E-state index contributed by atoms with van der Waals surface area (Å²) in [5.41, 5.74) is 3.01. The summed E-state index contributed by atoms with van der Waals surface area (Å²) in [6, 6.07) is 5.99. The number of ether oxygens (including phenoxy) is 7. The second-order valence-electron chi connectivity index (χ2n) is 18.9. The van der Waals surface area contributed by atoms with Gasteiger partial charge in [0.1, 0.15) is 55.1 Å². The summed E-state index contributed by atoms with van der Waals surface area (Å²) in [5, 5.41) is 19.0. The molecule has 0 spiro atoms. The highest BCUT2D eigenvalue weighted by Gasteiger charge is 2.35. The second-order valence-corrected chi connectivity index (χ2v) is 18.9. The van der Waals surface area contributed by atoms with Gasteiger partial charge in [0, 0.05) is 26.0 Å². The van der Waals surface area contributed by atoms with Gasteiger partial charge in [-0.25, -0.2) is 14.4 Å². The van der Waals surface area contributed by atoms with E-state index in [2.05, 4.69) is 58.6 Å². The average Bonchev–Trinajstić information content (AvgIpc) is 3.97. The van der Waals surface area contributed by atoms with Gasteiger partial charge in [0.05, 0.1) is 47.3 Å². The number of esters is 4. The Hall–Kier alpha value is -8.62. The molecule has 0 saturated carbocycles. The number of alkyl carbamates (subject to hydrolysis) is 2. The number of rotatable bonds is 31. The van der Waals surface area contributed by atoms with Crippen LogP contribution in [0.1, 0.15) is 83.3 Å². The van der Waals surface area contributed by atoms with E-state index < -0.39 is 139 Å². The highest BCUT2D eigenvalue weighted by Crippen LogP contribution is 2.44. The standard InChI is InChI=1S/C53H72N8O19/c1-10-24-78-50(71)37(21-22-42(63)75-7)58-49(70)40(29-74-6)57-41(62)27-55-46(67)38(25-43(64)76-8)59-45(66)30(2)56-48(69)39(26-44(65)77-9)60-47(68)36(20-15-23-54-51(72)80-53(3,4)5)61-52(73)79-28-35-33-18-13-11-16-31(33)32-17-12-14-19-34(32)35/h10-14,16-19,30,35-40H,1,15,20-29H2,2-9H3,(H,54,72)(H,55,67)(H,56,69)(H,57,62)(H,58,70)(H,59,66)(H,60,68)(H,61,73). The molecule has 1 aliphatic rings. The number of hydrogen-bond donors (Lipinski definition) is 8. The molecule has 0 bridgehead atoms. The van der Waals surface area contributed by atoms with Crippen molar-refractivity contribution in [1.82, 2.24) is 42.5 Å². The zero-order valence-corrected chi connectivity index (χ0v) is 46.0. The largest absolute Gasteiger partial charge is 0.469 e. The van der Waals surface area contributed by atoms with Crippen LogP contribution in [0, 0.1) is 0 Å². The van der Waals surface area contributed by atoms with Crippen molar-refractivity contribution < 1.29 is 90.7 Å². The lowest BCUT2D eigenvalue weighted by molar-refractivity contribution is -0.148. The molecule has 0 saturated heterocycles. The minimum atomic E-state index is -1.74. The van der Waals surface area contributed by atoms with Crippen molar-refractivity contribution in [3.8, 4) is 11.1 Å². The highest BCUT2D eigenvalue weighted by atomic mass is 16.6. The van der Waals surface area contributed by atoms with Gasteiger partial charge in [0.15, 0.2) is 0 Å². The molecular formula is C53H72N8O19. The van der Waals surface area contributed by atoms with Crippen LogP contribution in [-0.4, -0.2) is 175 Å². The maximum Gasteiger partial charge on any atom is 0.407 e. The first-order valence-corrected chi connectivity index (χ1v) is 25.3. The first-order valence-electron chi connectivity index (χ1n) is 25.3. The van der Waals surface area contributed by atoms with Gasteiger partial charge in [-0.05, 0) is 69.2 Å². The summed E-state index contributed by atoms with van der Waals surface area (Å²) in [7, 11) is 4.37. The van der Waals surface area contributed by atoms with Crippen LogP contribution < -0.4 is 42.5 Å². The molecule has 1 aliphatic carbocycles. The molecule has 8 amide bonds. The first-order chi connectivity index (χ1) is 37.9. The number of amides is 8.